The van der Waals surface area contributed by atoms with Gasteiger partial charge in [-0.1, -0.05) is 19.3 Å². The molecule has 0 aromatic heterocycles. The first-order chi connectivity index (χ1) is 6.86. The smallest absolute Gasteiger partial charge is 0.107 e. The molecule has 0 amide bonds. The number of ether oxygens (including phenoxy) is 2. The molecular weight excluding hydrogens is 180 g/mol. The monoisotopic (exact) mass is 200 g/mol. The first-order valence-corrected chi connectivity index (χ1v) is 5.73. The van der Waals surface area contributed by atoms with Gasteiger partial charge in [-0.3, -0.25) is 0 Å². The fourth-order valence-corrected chi connectivity index (χ4v) is 2.03. The number of hydrogen-bond acceptors (Lipinski definition) is 3. The maximum atomic E-state index is 9.60. The van der Waals surface area contributed by atoms with Crippen LogP contribution in [0, 0.1) is 5.92 Å². The molecule has 2 aliphatic rings. The molecule has 1 saturated heterocycles. The van der Waals surface area contributed by atoms with Crippen LogP contribution in [0.15, 0.2) is 0 Å². The maximum Gasteiger partial charge on any atom is 0.107 e. The highest BCUT2D eigenvalue weighted by atomic mass is 16.5. The van der Waals surface area contributed by atoms with Gasteiger partial charge in [0.25, 0.3) is 0 Å². The van der Waals surface area contributed by atoms with Gasteiger partial charge in [0.2, 0.25) is 0 Å². The van der Waals surface area contributed by atoms with Crippen molar-refractivity contribution in [1.82, 2.24) is 0 Å². The van der Waals surface area contributed by atoms with Crippen LogP contribution in [0.4, 0.5) is 0 Å². The maximum absolute atomic E-state index is 9.60. The highest BCUT2D eigenvalue weighted by Crippen LogP contribution is 2.29. The molecule has 2 rings (SSSR count). The molecule has 0 aromatic rings. The Morgan fingerprint density at radius 1 is 1.29 bits per heavy atom. The Labute approximate surface area is 85.4 Å². The van der Waals surface area contributed by atoms with Crippen molar-refractivity contribution in [3.05, 3.63) is 0 Å². The summed E-state index contributed by atoms with van der Waals surface area (Å²) in [6.45, 7) is 2.02. The van der Waals surface area contributed by atoms with Crippen LogP contribution in [0.1, 0.15) is 32.1 Å². The van der Waals surface area contributed by atoms with Crippen molar-refractivity contribution in [3.63, 3.8) is 0 Å². The van der Waals surface area contributed by atoms with Crippen LogP contribution < -0.4 is 0 Å². The molecule has 2 atom stereocenters. The lowest BCUT2D eigenvalue weighted by Crippen LogP contribution is -2.39. The zero-order valence-electron chi connectivity index (χ0n) is 8.65. The van der Waals surface area contributed by atoms with Gasteiger partial charge >= 0.3 is 0 Å². The van der Waals surface area contributed by atoms with E-state index in [2.05, 4.69) is 0 Å². The minimum absolute atomic E-state index is 0.0798. The van der Waals surface area contributed by atoms with Gasteiger partial charge < -0.3 is 14.6 Å². The summed E-state index contributed by atoms with van der Waals surface area (Å²) in [6.07, 6.45) is 5.60. The number of aliphatic hydroxyl groups excluding tert-OH is 1. The minimum Gasteiger partial charge on any atom is -0.390 e. The van der Waals surface area contributed by atoms with E-state index >= 15 is 0 Å². The standard InChI is InChI=1S/C11H20O3/c12-10-5-6-13-8-11(10)14-7-4-9-2-1-3-9/h9-12H,1-8H2. The van der Waals surface area contributed by atoms with E-state index in [0.717, 1.165) is 18.9 Å². The van der Waals surface area contributed by atoms with Gasteiger partial charge in [0.05, 0.1) is 12.7 Å². The Hall–Kier alpha value is -0.120. The lowest BCUT2D eigenvalue weighted by Gasteiger charge is -2.30. The van der Waals surface area contributed by atoms with Crippen molar-refractivity contribution in [2.45, 2.75) is 44.3 Å². The Balaban J connectivity index is 1.58. The Morgan fingerprint density at radius 2 is 2.14 bits per heavy atom. The van der Waals surface area contributed by atoms with E-state index in [1.165, 1.54) is 19.3 Å². The van der Waals surface area contributed by atoms with E-state index in [-0.39, 0.29) is 12.2 Å². The number of aliphatic hydroxyl groups is 1. The van der Waals surface area contributed by atoms with E-state index in [4.69, 9.17) is 9.47 Å². The molecular formula is C11H20O3. The van der Waals surface area contributed by atoms with Gasteiger partial charge in [-0.2, -0.15) is 0 Å². The zero-order chi connectivity index (χ0) is 9.80. The third-order valence-electron chi connectivity index (χ3n) is 3.35. The Kier molecular flexibility index (Phi) is 3.79. The fraction of sp³-hybridized carbons (Fsp3) is 1.00. The Bertz CT molecular complexity index is 168. The van der Waals surface area contributed by atoms with Crippen LogP contribution in [0.2, 0.25) is 0 Å². The molecule has 1 saturated carbocycles. The summed E-state index contributed by atoms with van der Waals surface area (Å²) in [5, 5.41) is 9.60. The molecule has 1 aliphatic heterocycles. The van der Waals surface area contributed by atoms with Gasteiger partial charge in [0, 0.05) is 13.2 Å². The van der Waals surface area contributed by atoms with E-state index in [9.17, 15) is 5.11 Å². The summed E-state index contributed by atoms with van der Waals surface area (Å²) in [4.78, 5) is 0. The van der Waals surface area contributed by atoms with Gasteiger partial charge in [-0.15, -0.1) is 0 Å². The average Bonchev–Trinajstić information content (AvgIpc) is 2.12. The SMILES string of the molecule is OC1CCOCC1OCCC1CCC1. The normalized spacial score (nSPS) is 34.1. The van der Waals surface area contributed by atoms with Crippen LogP contribution in [-0.4, -0.2) is 37.1 Å². The molecule has 3 nitrogen and oxygen atoms in total. The Morgan fingerprint density at radius 3 is 2.79 bits per heavy atom. The molecule has 2 unspecified atom stereocenters. The second-order valence-corrected chi connectivity index (χ2v) is 4.43. The summed E-state index contributed by atoms with van der Waals surface area (Å²) in [7, 11) is 0. The number of hydrogen-bond donors (Lipinski definition) is 1. The molecule has 2 fully saturated rings. The van der Waals surface area contributed by atoms with Gasteiger partial charge in [-0.05, 0) is 18.8 Å². The van der Waals surface area contributed by atoms with Crippen molar-refractivity contribution in [1.29, 1.82) is 0 Å². The minimum atomic E-state index is -0.315. The van der Waals surface area contributed by atoms with E-state index in [1.807, 2.05) is 0 Å². The van der Waals surface area contributed by atoms with Crippen molar-refractivity contribution in [2.24, 2.45) is 5.92 Å². The topological polar surface area (TPSA) is 38.7 Å². The molecule has 14 heavy (non-hydrogen) atoms. The van der Waals surface area contributed by atoms with Gasteiger partial charge in [0.1, 0.15) is 6.10 Å². The first-order valence-electron chi connectivity index (χ1n) is 5.73. The van der Waals surface area contributed by atoms with Crippen LogP contribution >= 0.6 is 0 Å². The van der Waals surface area contributed by atoms with Crippen LogP contribution in [0.5, 0.6) is 0 Å². The van der Waals surface area contributed by atoms with Gasteiger partial charge in [-0.25, -0.2) is 0 Å². The quantitative estimate of drug-likeness (QED) is 0.744. The van der Waals surface area contributed by atoms with Gasteiger partial charge in [0.15, 0.2) is 0 Å². The van der Waals surface area contributed by atoms with Crippen molar-refractivity contribution in [3.8, 4) is 0 Å². The highest BCUT2D eigenvalue weighted by molar-refractivity contribution is 4.74. The molecule has 0 radical (unpaired) electrons. The molecule has 0 spiro atoms. The van der Waals surface area contributed by atoms with E-state index in [0.29, 0.717) is 19.6 Å². The molecule has 0 aromatic carbocycles. The summed E-state index contributed by atoms with van der Waals surface area (Å²) in [6, 6.07) is 0. The zero-order valence-corrected chi connectivity index (χ0v) is 8.65. The summed E-state index contributed by atoms with van der Waals surface area (Å²) in [5.41, 5.74) is 0. The second-order valence-electron chi connectivity index (χ2n) is 4.43. The predicted molar refractivity (Wildman–Crippen MR) is 53.1 cm³/mol. The lowest BCUT2D eigenvalue weighted by molar-refractivity contribution is -0.119. The third kappa shape index (κ3) is 2.69. The number of rotatable bonds is 4. The molecule has 3 heteroatoms. The fourth-order valence-electron chi connectivity index (χ4n) is 2.03. The summed E-state index contributed by atoms with van der Waals surface area (Å²) < 4.78 is 10.9. The van der Waals surface area contributed by atoms with E-state index < -0.39 is 0 Å². The van der Waals surface area contributed by atoms with E-state index in [1.54, 1.807) is 0 Å². The van der Waals surface area contributed by atoms with Crippen molar-refractivity contribution in [2.75, 3.05) is 19.8 Å². The molecule has 1 N–H and O–H groups in total. The predicted octanol–water partition coefficient (Wildman–Crippen LogP) is 1.34. The lowest BCUT2D eigenvalue weighted by atomic mass is 9.83. The summed E-state index contributed by atoms with van der Waals surface area (Å²) >= 11 is 0. The molecule has 0 bridgehead atoms. The van der Waals surface area contributed by atoms with Crippen molar-refractivity contribution < 1.29 is 14.6 Å². The van der Waals surface area contributed by atoms with Crippen LogP contribution in [0.25, 0.3) is 0 Å². The first kappa shape index (κ1) is 10.4. The summed E-state index contributed by atoms with van der Waals surface area (Å²) in [5.74, 6) is 0.886. The largest absolute Gasteiger partial charge is 0.390 e. The third-order valence-corrected chi connectivity index (χ3v) is 3.35. The highest BCUT2D eigenvalue weighted by Gasteiger charge is 2.25. The van der Waals surface area contributed by atoms with Crippen molar-refractivity contribution >= 4 is 0 Å². The van der Waals surface area contributed by atoms with Crippen LogP contribution in [-0.2, 0) is 9.47 Å². The molecule has 1 aliphatic carbocycles. The van der Waals surface area contributed by atoms with Crippen LogP contribution in [0.3, 0.4) is 0 Å². The molecule has 1 heterocycles. The average molecular weight is 200 g/mol. The molecule has 82 valence electrons. The second kappa shape index (κ2) is 5.10.